The van der Waals surface area contributed by atoms with Gasteiger partial charge in [-0.15, -0.1) is 0 Å². The number of aliphatic hydroxyl groups is 1. The monoisotopic (exact) mass is 360 g/mol. The van der Waals surface area contributed by atoms with Crippen molar-refractivity contribution in [3.05, 3.63) is 24.3 Å². The third-order valence-electron chi connectivity index (χ3n) is 2.98. The number of sulfonamides is 1. The lowest BCUT2D eigenvalue weighted by Gasteiger charge is -2.15. The highest BCUT2D eigenvalue weighted by atomic mass is 32.2. The lowest BCUT2D eigenvalue weighted by atomic mass is 10.3. The summed E-state index contributed by atoms with van der Waals surface area (Å²) in [4.78, 5) is 22.3. The minimum absolute atomic E-state index is 0.0718. The van der Waals surface area contributed by atoms with Crippen LogP contribution in [0.25, 0.3) is 0 Å². The van der Waals surface area contributed by atoms with Gasteiger partial charge in [0.2, 0.25) is 15.9 Å². The van der Waals surface area contributed by atoms with E-state index in [1.165, 1.54) is 38.4 Å². The van der Waals surface area contributed by atoms with Gasteiger partial charge in [-0.1, -0.05) is 0 Å². The first-order valence-corrected chi connectivity index (χ1v) is 8.46. The minimum atomic E-state index is -3.98. The maximum absolute atomic E-state index is 12.2. The molecule has 3 N–H and O–H groups in total. The number of likely N-dealkylation sites (N-methyl/N-ethyl adjacent to an activating group) is 1. The zero-order valence-corrected chi connectivity index (χ0v) is 14.1. The van der Waals surface area contributed by atoms with E-state index in [9.17, 15) is 18.0 Å². The number of aliphatic hydroxyl groups excluding tert-OH is 1. The molecular formula is C14H20N2O7S. The molecule has 0 spiro atoms. The second-order valence-electron chi connectivity index (χ2n) is 4.62. The summed E-state index contributed by atoms with van der Waals surface area (Å²) in [6.45, 7) is -0.575. The van der Waals surface area contributed by atoms with E-state index in [0.29, 0.717) is 5.75 Å². The molecule has 10 heteroatoms. The topological polar surface area (TPSA) is 131 Å². The Hall–Kier alpha value is -2.17. The Bertz CT molecular complexity index is 658. The summed E-state index contributed by atoms with van der Waals surface area (Å²) >= 11 is 0. The molecule has 134 valence electrons. The highest BCUT2D eigenvalue weighted by Gasteiger charge is 2.24. The molecule has 0 aliphatic rings. The Balaban J connectivity index is 2.72. The van der Waals surface area contributed by atoms with Crippen molar-refractivity contribution in [3.63, 3.8) is 0 Å². The van der Waals surface area contributed by atoms with Crippen LogP contribution in [-0.2, 0) is 24.3 Å². The normalized spacial score (nSPS) is 12.3. The van der Waals surface area contributed by atoms with Crippen LogP contribution in [0.3, 0.4) is 0 Å². The number of benzene rings is 1. The van der Waals surface area contributed by atoms with Gasteiger partial charge in [0, 0.05) is 7.05 Å². The van der Waals surface area contributed by atoms with Gasteiger partial charge in [-0.25, -0.2) is 8.42 Å². The molecule has 0 radical (unpaired) electrons. The number of ether oxygens (including phenoxy) is 2. The van der Waals surface area contributed by atoms with Crippen LogP contribution in [0.5, 0.6) is 5.75 Å². The number of carbonyl (C=O) groups is 2. The van der Waals surface area contributed by atoms with Crippen LogP contribution in [0.1, 0.15) is 6.42 Å². The fourth-order valence-electron chi connectivity index (χ4n) is 1.67. The second-order valence-corrected chi connectivity index (χ2v) is 6.33. The van der Waals surface area contributed by atoms with E-state index in [2.05, 4.69) is 14.8 Å². The van der Waals surface area contributed by atoms with E-state index in [4.69, 9.17) is 9.84 Å². The van der Waals surface area contributed by atoms with E-state index in [0.717, 1.165) is 0 Å². The Kier molecular flexibility index (Phi) is 7.62. The standard InChI is InChI=1S/C14H20N2O7S/c1-15-14(19)12(9-17)16-24(20,21)11-5-3-10(4-6-11)23-8-7-13(18)22-2/h3-6,12,16-17H,7-9H2,1-2H3,(H,15,19)/t12-/m1/s1. The summed E-state index contributed by atoms with van der Waals surface area (Å²) in [5, 5.41) is 11.4. The SMILES string of the molecule is CNC(=O)[C@@H](CO)NS(=O)(=O)c1ccc(OCCC(=O)OC)cc1. The molecule has 0 bridgehead atoms. The van der Waals surface area contributed by atoms with Crippen LogP contribution < -0.4 is 14.8 Å². The van der Waals surface area contributed by atoms with Gasteiger partial charge in [0.1, 0.15) is 11.8 Å². The van der Waals surface area contributed by atoms with E-state index in [-0.39, 0.29) is 17.9 Å². The Labute approximate surface area is 140 Å². The quantitative estimate of drug-likeness (QED) is 0.482. The van der Waals surface area contributed by atoms with Crippen molar-refractivity contribution in [1.82, 2.24) is 10.0 Å². The first-order valence-electron chi connectivity index (χ1n) is 6.98. The van der Waals surface area contributed by atoms with Gasteiger partial charge in [-0.2, -0.15) is 4.72 Å². The Morgan fingerprint density at radius 3 is 2.38 bits per heavy atom. The van der Waals surface area contributed by atoms with Crippen molar-refractivity contribution < 1.29 is 32.6 Å². The largest absolute Gasteiger partial charge is 0.493 e. The predicted octanol–water partition coefficient (Wildman–Crippen LogP) is -0.986. The molecule has 1 rings (SSSR count). The molecule has 24 heavy (non-hydrogen) atoms. The summed E-state index contributed by atoms with van der Waals surface area (Å²) in [6, 6.07) is 4.12. The van der Waals surface area contributed by atoms with Gasteiger partial charge in [-0.3, -0.25) is 9.59 Å². The molecule has 0 heterocycles. The molecule has 9 nitrogen and oxygen atoms in total. The van der Waals surface area contributed by atoms with Gasteiger partial charge < -0.3 is 19.9 Å². The summed E-state index contributed by atoms with van der Waals surface area (Å²) < 4.78 is 36.2. The van der Waals surface area contributed by atoms with E-state index < -0.39 is 34.5 Å². The molecule has 0 aliphatic heterocycles. The summed E-state index contributed by atoms with van der Waals surface area (Å²) in [7, 11) is -1.38. The van der Waals surface area contributed by atoms with Crippen LogP contribution in [0, 0.1) is 0 Å². The molecule has 1 aromatic rings. The maximum atomic E-state index is 12.2. The lowest BCUT2D eigenvalue weighted by molar-refractivity contribution is -0.141. The number of hydrogen-bond donors (Lipinski definition) is 3. The first kappa shape index (κ1) is 19.9. The third-order valence-corrected chi connectivity index (χ3v) is 4.47. The molecule has 0 unspecified atom stereocenters. The number of esters is 1. The Morgan fingerprint density at radius 2 is 1.88 bits per heavy atom. The van der Waals surface area contributed by atoms with E-state index in [1.54, 1.807) is 0 Å². The first-order chi connectivity index (χ1) is 11.3. The Morgan fingerprint density at radius 1 is 1.25 bits per heavy atom. The molecule has 0 aromatic heterocycles. The smallest absolute Gasteiger partial charge is 0.308 e. The number of methoxy groups -OCH3 is 1. The van der Waals surface area contributed by atoms with Crippen molar-refractivity contribution in [1.29, 1.82) is 0 Å². The summed E-state index contributed by atoms with van der Waals surface area (Å²) in [6.07, 6.45) is 0.0718. The van der Waals surface area contributed by atoms with Crippen LogP contribution in [0.2, 0.25) is 0 Å². The van der Waals surface area contributed by atoms with Crippen molar-refractivity contribution >= 4 is 21.9 Å². The van der Waals surface area contributed by atoms with E-state index in [1.807, 2.05) is 0 Å². The molecule has 1 aromatic carbocycles. The fourth-order valence-corrected chi connectivity index (χ4v) is 2.86. The molecule has 1 atom stereocenters. The van der Waals surface area contributed by atoms with Gasteiger partial charge >= 0.3 is 5.97 Å². The van der Waals surface area contributed by atoms with Crippen molar-refractivity contribution in [2.45, 2.75) is 17.4 Å². The van der Waals surface area contributed by atoms with Gasteiger partial charge in [0.05, 0.1) is 31.6 Å². The third kappa shape index (κ3) is 5.80. The van der Waals surface area contributed by atoms with Crippen LogP contribution in [-0.4, -0.2) is 58.8 Å². The average Bonchev–Trinajstić information content (AvgIpc) is 2.59. The van der Waals surface area contributed by atoms with Gasteiger partial charge in [0.15, 0.2) is 0 Å². The number of carbonyl (C=O) groups excluding carboxylic acids is 2. The molecule has 1 amide bonds. The molecule has 0 saturated carbocycles. The van der Waals surface area contributed by atoms with Gasteiger partial charge in [0.25, 0.3) is 0 Å². The maximum Gasteiger partial charge on any atom is 0.308 e. The number of amides is 1. The number of rotatable bonds is 9. The average molecular weight is 360 g/mol. The minimum Gasteiger partial charge on any atom is -0.493 e. The highest BCUT2D eigenvalue weighted by Crippen LogP contribution is 2.16. The fraction of sp³-hybridized carbons (Fsp3) is 0.429. The van der Waals surface area contributed by atoms with Crippen molar-refractivity contribution in [2.24, 2.45) is 0 Å². The zero-order chi connectivity index (χ0) is 18.2. The van der Waals surface area contributed by atoms with Crippen molar-refractivity contribution in [3.8, 4) is 5.75 Å². The molecular weight excluding hydrogens is 340 g/mol. The highest BCUT2D eigenvalue weighted by molar-refractivity contribution is 7.89. The summed E-state index contributed by atoms with van der Waals surface area (Å²) in [5.74, 6) is -0.686. The molecule has 0 aliphatic carbocycles. The zero-order valence-electron chi connectivity index (χ0n) is 13.3. The van der Waals surface area contributed by atoms with Crippen LogP contribution >= 0.6 is 0 Å². The van der Waals surface area contributed by atoms with Crippen LogP contribution in [0.15, 0.2) is 29.2 Å². The lowest BCUT2D eigenvalue weighted by Crippen LogP contribution is -2.47. The number of hydrogen-bond acceptors (Lipinski definition) is 7. The van der Waals surface area contributed by atoms with Gasteiger partial charge in [-0.05, 0) is 24.3 Å². The second kappa shape index (κ2) is 9.21. The predicted molar refractivity (Wildman–Crippen MR) is 83.8 cm³/mol. The number of nitrogens with one attached hydrogen (secondary N) is 2. The molecule has 0 fully saturated rings. The van der Waals surface area contributed by atoms with Crippen molar-refractivity contribution in [2.75, 3.05) is 27.4 Å². The van der Waals surface area contributed by atoms with Crippen LogP contribution in [0.4, 0.5) is 0 Å². The molecule has 0 saturated heterocycles. The van der Waals surface area contributed by atoms with E-state index >= 15 is 0 Å². The summed E-state index contributed by atoms with van der Waals surface area (Å²) in [5.41, 5.74) is 0.